The minimum Gasteiger partial charge on any atom is -0.389 e. The third-order valence-electron chi connectivity index (χ3n) is 4.83. The molecule has 0 spiro atoms. The number of hydrogen-bond acceptors (Lipinski definition) is 2. The third kappa shape index (κ3) is 2.08. The van der Waals surface area contributed by atoms with Crippen molar-refractivity contribution in [3.63, 3.8) is 0 Å². The van der Waals surface area contributed by atoms with Crippen molar-refractivity contribution >= 4 is 0 Å². The van der Waals surface area contributed by atoms with Gasteiger partial charge in [0.1, 0.15) is 0 Å². The predicted molar refractivity (Wildman–Crippen MR) is 73.4 cm³/mol. The summed E-state index contributed by atoms with van der Waals surface area (Å²) in [5.41, 5.74) is 2.22. The van der Waals surface area contributed by atoms with Crippen molar-refractivity contribution in [2.24, 2.45) is 5.92 Å². The fourth-order valence-corrected chi connectivity index (χ4v) is 3.75. The van der Waals surface area contributed by atoms with Crippen LogP contribution >= 0.6 is 0 Å². The zero-order valence-electron chi connectivity index (χ0n) is 11.2. The molecule has 1 aromatic carbocycles. The molecule has 1 saturated heterocycles. The molecule has 1 aliphatic heterocycles. The molecule has 3 rings (SSSR count). The molecule has 0 bridgehead atoms. The maximum absolute atomic E-state index is 10.8. The van der Waals surface area contributed by atoms with Crippen LogP contribution in [0.2, 0.25) is 0 Å². The molecule has 1 aromatic rings. The molecule has 2 aliphatic rings. The molecule has 2 fully saturated rings. The number of fused-ring (bicyclic) bond motifs is 1. The first-order valence-electron chi connectivity index (χ1n) is 7.21. The fourth-order valence-electron chi connectivity index (χ4n) is 3.75. The van der Waals surface area contributed by atoms with Gasteiger partial charge in [0.25, 0.3) is 0 Å². The average Bonchev–Trinajstić information content (AvgIpc) is 2.38. The number of piperidine rings is 1. The summed E-state index contributed by atoms with van der Waals surface area (Å²) in [6, 6.07) is 9.12. The van der Waals surface area contributed by atoms with Crippen LogP contribution in [0.25, 0.3) is 0 Å². The minimum absolute atomic E-state index is 0.338. The maximum Gasteiger partial charge on any atom is 0.0706 e. The monoisotopic (exact) mass is 245 g/mol. The summed E-state index contributed by atoms with van der Waals surface area (Å²) in [5, 5.41) is 14.5. The zero-order chi connectivity index (χ0) is 12.6. The van der Waals surface area contributed by atoms with E-state index >= 15 is 0 Å². The molecule has 1 heterocycles. The van der Waals surface area contributed by atoms with Crippen LogP contribution in [0.3, 0.4) is 0 Å². The van der Waals surface area contributed by atoms with Crippen molar-refractivity contribution in [2.45, 2.75) is 50.7 Å². The third-order valence-corrected chi connectivity index (χ3v) is 4.83. The molecule has 2 nitrogen and oxygen atoms in total. The van der Waals surface area contributed by atoms with Gasteiger partial charge in [-0.25, -0.2) is 0 Å². The van der Waals surface area contributed by atoms with Crippen molar-refractivity contribution in [3.8, 4) is 0 Å². The van der Waals surface area contributed by atoms with Crippen molar-refractivity contribution in [1.29, 1.82) is 0 Å². The highest BCUT2D eigenvalue weighted by Crippen LogP contribution is 2.45. The normalized spacial score (nSPS) is 36.1. The van der Waals surface area contributed by atoms with Crippen LogP contribution in [-0.4, -0.2) is 17.3 Å². The molecule has 2 N–H and O–H groups in total. The van der Waals surface area contributed by atoms with Gasteiger partial charge in [0.05, 0.1) is 5.60 Å². The average molecular weight is 245 g/mol. The molecule has 0 aromatic heterocycles. The lowest BCUT2D eigenvalue weighted by Crippen LogP contribution is -2.53. The first kappa shape index (κ1) is 12.2. The van der Waals surface area contributed by atoms with Crippen LogP contribution in [0.1, 0.15) is 49.3 Å². The molecule has 98 valence electrons. The molecule has 18 heavy (non-hydrogen) atoms. The van der Waals surface area contributed by atoms with Crippen LogP contribution in [0.15, 0.2) is 24.3 Å². The summed E-state index contributed by atoms with van der Waals surface area (Å²) in [5.74, 6) is 0.391. The maximum atomic E-state index is 10.8. The second-order valence-electron chi connectivity index (χ2n) is 6.05. The highest BCUT2D eigenvalue weighted by atomic mass is 16.3. The number of aliphatic hydroxyl groups is 1. The van der Waals surface area contributed by atoms with Crippen LogP contribution in [-0.2, 0) is 0 Å². The van der Waals surface area contributed by atoms with Crippen LogP contribution in [0, 0.1) is 12.8 Å². The largest absolute Gasteiger partial charge is 0.389 e. The number of benzene rings is 1. The Bertz CT molecular complexity index is 410. The Morgan fingerprint density at radius 3 is 2.72 bits per heavy atom. The molecule has 2 heteroatoms. The second kappa shape index (κ2) is 4.67. The van der Waals surface area contributed by atoms with E-state index in [1.807, 2.05) is 0 Å². The van der Waals surface area contributed by atoms with E-state index in [0.717, 1.165) is 25.8 Å². The van der Waals surface area contributed by atoms with E-state index in [0.29, 0.717) is 12.0 Å². The van der Waals surface area contributed by atoms with E-state index in [2.05, 4.69) is 36.5 Å². The minimum atomic E-state index is -0.418. The summed E-state index contributed by atoms with van der Waals surface area (Å²) >= 11 is 0. The van der Waals surface area contributed by atoms with Crippen molar-refractivity contribution < 1.29 is 5.11 Å². The van der Waals surface area contributed by atoms with Gasteiger partial charge < -0.3 is 10.4 Å². The van der Waals surface area contributed by atoms with E-state index in [-0.39, 0.29) is 0 Å². The molecule has 3 atom stereocenters. The zero-order valence-corrected chi connectivity index (χ0v) is 11.2. The van der Waals surface area contributed by atoms with Gasteiger partial charge in [0.15, 0.2) is 0 Å². The lowest BCUT2D eigenvalue weighted by Gasteiger charge is -2.48. The second-order valence-corrected chi connectivity index (χ2v) is 6.05. The number of rotatable bonds is 1. The van der Waals surface area contributed by atoms with Gasteiger partial charge in [-0.2, -0.15) is 0 Å². The summed E-state index contributed by atoms with van der Waals surface area (Å²) in [4.78, 5) is 0. The van der Waals surface area contributed by atoms with Gasteiger partial charge in [0.2, 0.25) is 0 Å². The Hall–Kier alpha value is -0.860. The molecule has 0 radical (unpaired) electrons. The number of aryl methyl sites for hydroxylation is 1. The van der Waals surface area contributed by atoms with E-state index in [4.69, 9.17) is 0 Å². The summed E-state index contributed by atoms with van der Waals surface area (Å²) < 4.78 is 0. The van der Waals surface area contributed by atoms with Gasteiger partial charge in [-0.15, -0.1) is 0 Å². The van der Waals surface area contributed by atoms with Gasteiger partial charge >= 0.3 is 0 Å². The SMILES string of the molecule is Cc1ccc([C@H]2NCC[C@]3(O)CCCC[C@@H]23)cc1. The topological polar surface area (TPSA) is 32.3 Å². The first-order valence-corrected chi connectivity index (χ1v) is 7.21. The molecular formula is C16H23NO. The number of hydrogen-bond donors (Lipinski definition) is 2. The summed E-state index contributed by atoms with van der Waals surface area (Å²) in [6.07, 6.45) is 5.51. The van der Waals surface area contributed by atoms with Crippen molar-refractivity contribution in [2.75, 3.05) is 6.54 Å². The molecule has 1 saturated carbocycles. The standard InChI is InChI=1S/C16H23NO/c1-12-5-7-13(8-6-12)15-14-4-2-3-9-16(14,18)10-11-17-15/h5-8,14-15,17-18H,2-4,9-11H2,1H3/t14-,15+,16+/m0/s1. The van der Waals surface area contributed by atoms with Crippen LogP contribution in [0.4, 0.5) is 0 Å². The lowest BCUT2D eigenvalue weighted by molar-refractivity contribution is -0.0861. The van der Waals surface area contributed by atoms with E-state index < -0.39 is 5.60 Å². The predicted octanol–water partition coefficient (Wildman–Crippen LogP) is 2.95. The van der Waals surface area contributed by atoms with Gasteiger partial charge in [0, 0.05) is 12.0 Å². The van der Waals surface area contributed by atoms with Crippen LogP contribution < -0.4 is 5.32 Å². The summed E-state index contributed by atoms with van der Waals surface area (Å²) in [6.45, 7) is 3.06. The Balaban J connectivity index is 1.88. The number of nitrogens with one attached hydrogen (secondary N) is 1. The van der Waals surface area contributed by atoms with E-state index in [1.54, 1.807) is 0 Å². The molecule has 0 unspecified atom stereocenters. The smallest absolute Gasteiger partial charge is 0.0706 e. The molecule has 0 amide bonds. The van der Waals surface area contributed by atoms with Crippen molar-refractivity contribution in [3.05, 3.63) is 35.4 Å². The Morgan fingerprint density at radius 1 is 1.17 bits per heavy atom. The van der Waals surface area contributed by atoms with Crippen molar-refractivity contribution in [1.82, 2.24) is 5.32 Å². The van der Waals surface area contributed by atoms with Crippen LogP contribution in [0.5, 0.6) is 0 Å². The quantitative estimate of drug-likeness (QED) is 0.797. The van der Waals surface area contributed by atoms with E-state index in [9.17, 15) is 5.11 Å². The lowest BCUT2D eigenvalue weighted by atomic mass is 9.67. The Morgan fingerprint density at radius 2 is 1.94 bits per heavy atom. The summed E-state index contributed by atoms with van der Waals surface area (Å²) in [7, 11) is 0. The molecule has 1 aliphatic carbocycles. The fraction of sp³-hybridized carbons (Fsp3) is 0.625. The first-order chi connectivity index (χ1) is 8.69. The Kier molecular flexibility index (Phi) is 3.16. The van der Waals surface area contributed by atoms with Gasteiger partial charge in [-0.3, -0.25) is 0 Å². The Labute approximate surface area is 109 Å². The molecular weight excluding hydrogens is 222 g/mol. The van der Waals surface area contributed by atoms with E-state index in [1.165, 1.54) is 24.0 Å². The highest BCUT2D eigenvalue weighted by Gasteiger charge is 2.45. The van der Waals surface area contributed by atoms with Gasteiger partial charge in [-0.05, 0) is 38.3 Å². The highest BCUT2D eigenvalue weighted by molar-refractivity contribution is 5.26. The van der Waals surface area contributed by atoms with Gasteiger partial charge in [-0.1, -0.05) is 42.7 Å².